The molecule has 3 nitrogen and oxygen atoms in total. The molecule has 1 aromatic rings. The van der Waals surface area contributed by atoms with Crippen molar-refractivity contribution in [2.24, 2.45) is 0 Å². The second kappa shape index (κ2) is 7.65. The third-order valence-electron chi connectivity index (χ3n) is 2.37. The van der Waals surface area contributed by atoms with E-state index in [2.05, 4.69) is 27.8 Å². The van der Waals surface area contributed by atoms with E-state index in [1.807, 2.05) is 24.3 Å². The average Bonchev–Trinajstić information content (AvgIpc) is 2.30. The van der Waals surface area contributed by atoms with Gasteiger partial charge in [-0.2, -0.15) is 0 Å². The highest BCUT2D eigenvalue weighted by Gasteiger charge is 2.03. The molecule has 4 heteroatoms. The van der Waals surface area contributed by atoms with E-state index in [1.54, 1.807) is 0 Å². The van der Waals surface area contributed by atoms with Crippen LogP contribution in [-0.2, 0) is 0 Å². The van der Waals surface area contributed by atoms with Crippen LogP contribution >= 0.6 is 15.9 Å². The summed E-state index contributed by atoms with van der Waals surface area (Å²) in [6, 6.07) is 7.81. The van der Waals surface area contributed by atoms with Crippen LogP contribution in [0.1, 0.15) is 6.92 Å². The molecule has 0 saturated carbocycles. The third kappa shape index (κ3) is 4.51. The molecule has 0 aliphatic carbocycles. The minimum Gasteiger partial charge on any atom is -0.491 e. The molecule has 0 aliphatic heterocycles. The molecule has 0 saturated heterocycles. The number of hydrogen-bond acceptors (Lipinski definition) is 3. The standard InChI is InChI=1S/C12H18BrNO2/c1-2-14(7-9-15)8-10-16-12-6-4-3-5-11(12)13/h3-6,15H,2,7-10H2,1H3. The maximum absolute atomic E-state index is 8.84. The number of benzene rings is 1. The number of aliphatic hydroxyl groups is 1. The Bertz CT molecular complexity index is 307. The lowest BCUT2D eigenvalue weighted by atomic mass is 10.3. The number of likely N-dealkylation sites (N-methyl/N-ethyl adjacent to an activating group) is 1. The summed E-state index contributed by atoms with van der Waals surface area (Å²) in [5.74, 6) is 0.863. The van der Waals surface area contributed by atoms with Gasteiger partial charge in [0.25, 0.3) is 0 Å². The van der Waals surface area contributed by atoms with Crippen molar-refractivity contribution in [1.29, 1.82) is 0 Å². The summed E-state index contributed by atoms with van der Waals surface area (Å²) in [6.07, 6.45) is 0. The summed E-state index contributed by atoms with van der Waals surface area (Å²) < 4.78 is 6.62. The average molecular weight is 288 g/mol. The fourth-order valence-corrected chi connectivity index (χ4v) is 1.82. The number of ether oxygens (including phenoxy) is 1. The van der Waals surface area contributed by atoms with Crippen LogP contribution in [0.15, 0.2) is 28.7 Å². The van der Waals surface area contributed by atoms with Gasteiger partial charge in [0.2, 0.25) is 0 Å². The molecular formula is C12H18BrNO2. The molecule has 0 atom stereocenters. The van der Waals surface area contributed by atoms with Gasteiger partial charge in [0.15, 0.2) is 0 Å². The van der Waals surface area contributed by atoms with Gasteiger partial charge in [-0.15, -0.1) is 0 Å². The SMILES string of the molecule is CCN(CCO)CCOc1ccccc1Br. The van der Waals surface area contributed by atoms with Gasteiger partial charge in [0, 0.05) is 13.1 Å². The number of hydrogen-bond donors (Lipinski definition) is 1. The molecule has 90 valence electrons. The molecule has 0 aliphatic rings. The fourth-order valence-electron chi connectivity index (χ4n) is 1.42. The van der Waals surface area contributed by atoms with E-state index >= 15 is 0 Å². The topological polar surface area (TPSA) is 32.7 Å². The van der Waals surface area contributed by atoms with Crippen LogP contribution in [0.3, 0.4) is 0 Å². The fraction of sp³-hybridized carbons (Fsp3) is 0.500. The van der Waals surface area contributed by atoms with Crippen LogP contribution in [0.2, 0.25) is 0 Å². The van der Waals surface area contributed by atoms with Gasteiger partial charge >= 0.3 is 0 Å². The Morgan fingerprint density at radius 1 is 1.31 bits per heavy atom. The number of halogens is 1. The molecular weight excluding hydrogens is 270 g/mol. The molecule has 0 heterocycles. The van der Waals surface area contributed by atoms with Gasteiger partial charge in [0.1, 0.15) is 12.4 Å². The summed E-state index contributed by atoms with van der Waals surface area (Å²) in [7, 11) is 0. The van der Waals surface area contributed by atoms with E-state index in [4.69, 9.17) is 9.84 Å². The molecule has 1 aromatic carbocycles. The Labute approximate surface area is 105 Å². The lowest BCUT2D eigenvalue weighted by molar-refractivity contribution is 0.174. The van der Waals surface area contributed by atoms with Gasteiger partial charge in [0.05, 0.1) is 11.1 Å². The quantitative estimate of drug-likeness (QED) is 0.834. The zero-order valence-corrected chi connectivity index (χ0v) is 11.1. The van der Waals surface area contributed by atoms with Crippen molar-refractivity contribution in [2.45, 2.75) is 6.92 Å². The Morgan fingerprint density at radius 2 is 2.06 bits per heavy atom. The van der Waals surface area contributed by atoms with Gasteiger partial charge in [-0.25, -0.2) is 0 Å². The summed E-state index contributed by atoms with van der Waals surface area (Å²) in [4.78, 5) is 2.15. The predicted octanol–water partition coefficient (Wildman–Crippen LogP) is 2.14. The summed E-state index contributed by atoms with van der Waals surface area (Å²) in [6.45, 7) is 5.38. The summed E-state index contributed by atoms with van der Waals surface area (Å²) in [5.41, 5.74) is 0. The van der Waals surface area contributed by atoms with Gasteiger partial charge in [-0.3, -0.25) is 4.90 Å². The highest BCUT2D eigenvalue weighted by molar-refractivity contribution is 9.10. The van der Waals surface area contributed by atoms with Gasteiger partial charge in [-0.05, 0) is 34.6 Å². The molecule has 0 spiro atoms. The minimum atomic E-state index is 0.197. The number of para-hydroxylation sites is 1. The highest BCUT2D eigenvalue weighted by Crippen LogP contribution is 2.23. The first-order valence-electron chi connectivity index (χ1n) is 5.48. The van der Waals surface area contributed by atoms with Crippen LogP contribution in [0.4, 0.5) is 0 Å². The first-order valence-corrected chi connectivity index (χ1v) is 6.27. The molecule has 1 N–H and O–H groups in total. The zero-order chi connectivity index (χ0) is 11.8. The van der Waals surface area contributed by atoms with Gasteiger partial charge in [-0.1, -0.05) is 19.1 Å². The van der Waals surface area contributed by atoms with Crippen molar-refractivity contribution < 1.29 is 9.84 Å². The molecule has 0 bridgehead atoms. The molecule has 16 heavy (non-hydrogen) atoms. The van der Waals surface area contributed by atoms with Crippen LogP contribution in [0.5, 0.6) is 5.75 Å². The Kier molecular flexibility index (Phi) is 6.45. The van der Waals surface area contributed by atoms with E-state index < -0.39 is 0 Å². The van der Waals surface area contributed by atoms with Crippen molar-refractivity contribution in [3.05, 3.63) is 28.7 Å². The van der Waals surface area contributed by atoms with Gasteiger partial charge < -0.3 is 9.84 Å². The van der Waals surface area contributed by atoms with Crippen molar-refractivity contribution in [1.82, 2.24) is 4.90 Å². The smallest absolute Gasteiger partial charge is 0.133 e. The highest BCUT2D eigenvalue weighted by atomic mass is 79.9. The Morgan fingerprint density at radius 3 is 2.69 bits per heavy atom. The van der Waals surface area contributed by atoms with Crippen LogP contribution in [0.25, 0.3) is 0 Å². The Balaban J connectivity index is 2.32. The van der Waals surface area contributed by atoms with Crippen LogP contribution in [0, 0.1) is 0 Å². The molecule has 0 radical (unpaired) electrons. The maximum Gasteiger partial charge on any atom is 0.133 e. The van der Waals surface area contributed by atoms with Crippen LogP contribution in [-0.4, -0.2) is 42.9 Å². The number of rotatable bonds is 7. The second-order valence-corrected chi connectivity index (χ2v) is 4.29. The van der Waals surface area contributed by atoms with Crippen molar-refractivity contribution >= 4 is 15.9 Å². The number of aliphatic hydroxyl groups excluding tert-OH is 1. The molecule has 0 fully saturated rings. The van der Waals surface area contributed by atoms with E-state index in [9.17, 15) is 0 Å². The second-order valence-electron chi connectivity index (χ2n) is 3.44. The lowest BCUT2D eigenvalue weighted by Crippen LogP contribution is -2.30. The van der Waals surface area contributed by atoms with Crippen molar-refractivity contribution in [3.63, 3.8) is 0 Å². The third-order valence-corrected chi connectivity index (χ3v) is 3.02. The first kappa shape index (κ1) is 13.5. The molecule has 0 aromatic heterocycles. The normalized spacial score (nSPS) is 10.8. The summed E-state index contributed by atoms with van der Waals surface area (Å²) >= 11 is 3.43. The van der Waals surface area contributed by atoms with Crippen LogP contribution < -0.4 is 4.74 Å². The Hall–Kier alpha value is -0.580. The largest absolute Gasteiger partial charge is 0.491 e. The van der Waals surface area contributed by atoms with Crippen molar-refractivity contribution in [3.8, 4) is 5.75 Å². The number of nitrogens with zero attached hydrogens (tertiary/aromatic N) is 1. The van der Waals surface area contributed by atoms with E-state index in [0.717, 1.165) is 23.3 Å². The van der Waals surface area contributed by atoms with E-state index in [1.165, 1.54) is 0 Å². The maximum atomic E-state index is 8.84. The molecule has 0 amide bonds. The first-order chi connectivity index (χ1) is 7.77. The lowest BCUT2D eigenvalue weighted by Gasteiger charge is -2.19. The van der Waals surface area contributed by atoms with E-state index in [-0.39, 0.29) is 6.61 Å². The van der Waals surface area contributed by atoms with Crippen molar-refractivity contribution in [2.75, 3.05) is 32.8 Å². The molecule has 0 unspecified atom stereocenters. The molecule has 1 rings (SSSR count). The summed E-state index contributed by atoms with van der Waals surface area (Å²) in [5, 5.41) is 8.84. The predicted molar refractivity (Wildman–Crippen MR) is 68.8 cm³/mol. The zero-order valence-electron chi connectivity index (χ0n) is 9.53. The van der Waals surface area contributed by atoms with E-state index in [0.29, 0.717) is 13.2 Å². The minimum absolute atomic E-state index is 0.197. The monoisotopic (exact) mass is 287 g/mol.